The van der Waals surface area contributed by atoms with E-state index in [1.165, 1.54) is 11.3 Å². The monoisotopic (exact) mass is 228 g/mol. The van der Waals surface area contributed by atoms with Crippen LogP contribution in [0.5, 0.6) is 5.88 Å². The molecule has 0 aromatic carbocycles. The SMILES string of the molecule is CN(c1nc(O)cs1)C1CCCCC1O. The number of aliphatic hydroxyl groups is 1. The lowest BCUT2D eigenvalue weighted by Gasteiger charge is -2.34. The Bertz CT molecular complexity index is 329. The zero-order valence-electron chi connectivity index (χ0n) is 8.76. The van der Waals surface area contributed by atoms with Crippen molar-refractivity contribution in [2.24, 2.45) is 0 Å². The zero-order chi connectivity index (χ0) is 10.8. The lowest BCUT2D eigenvalue weighted by atomic mass is 9.92. The molecule has 0 radical (unpaired) electrons. The normalized spacial score (nSPS) is 26.5. The average molecular weight is 228 g/mol. The Morgan fingerprint density at radius 1 is 1.47 bits per heavy atom. The van der Waals surface area contributed by atoms with E-state index in [0.29, 0.717) is 0 Å². The second-order valence-corrected chi connectivity index (χ2v) is 4.85. The lowest BCUT2D eigenvalue weighted by Crippen LogP contribution is -2.43. The maximum atomic E-state index is 9.88. The number of aliphatic hydroxyl groups excluding tert-OH is 1. The minimum absolute atomic E-state index is 0.0622. The Morgan fingerprint density at radius 3 is 2.80 bits per heavy atom. The van der Waals surface area contributed by atoms with Crippen molar-refractivity contribution in [3.05, 3.63) is 5.38 Å². The van der Waals surface area contributed by atoms with E-state index < -0.39 is 0 Å². The summed E-state index contributed by atoms with van der Waals surface area (Å²) in [4.78, 5) is 5.99. The molecular formula is C10H16N2O2S. The standard InChI is InChI=1S/C10H16N2O2S/c1-12(10-11-9(14)6-15-10)7-4-2-3-5-8(7)13/h6-8,13-14H,2-5H2,1H3. The highest BCUT2D eigenvalue weighted by atomic mass is 32.1. The number of nitrogens with zero attached hydrogens (tertiary/aromatic N) is 2. The molecule has 0 spiro atoms. The van der Waals surface area contributed by atoms with Gasteiger partial charge in [-0.1, -0.05) is 12.8 Å². The number of thiazole rings is 1. The molecule has 2 N–H and O–H groups in total. The van der Waals surface area contributed by atoms with E-state index in [-0.39, 0.29) is 18.0 Å². The summed E-state index contributed by atoms with van der Waals surface area (Å²) in [5.74, 6) is 0.0622. The number of hydrogen-bond acceptors (Lipinski definition) is 5. The van der Waals surface area contributed by atoms with Crippen LogP contribution < -0.4 is 4.90 Å². The van der Waals surface area contributed by atoms with Gasteiger partial charge in [0.15, 0.2) is 5.13 Å². The first-order chi connectivity index (χ1) is 7.18. The first-order valence-electron chi connectivity index (χ1n) is 5.24. The average Bonchev–Trinajstić information content (AvgIpc) is 2.65. The van der Waals surface area contributed by atoms with Gasteiger partial charge in [-0.3, -0.25) is 0 Å². The molecule has 1 aromatic heterocycles. The Morgan fingerprint density at radius 2 is 2.20 bits per heavy atom. The lowest BCUT2D eigenvalue weighted by molar-refractivity contribution is 0.106. The van der Waals surface area contributed by atoms with E-state index >= 15 is 0 Å². The van der Waals surface area contributed by atoms with Gasteiger partial charge in [0.1, 0.15) is 0 Å². The zero-order valence-corrected chi connectivity index (χ0v) is 9.57. The number of anilines is 1. The summed E-state index contributed by atoms with van der Waals surface area (Å²) in [7, 11) is 1.93. The van der Waals surface area contributed by atoms with Gasteiger partial charge >= 0.3 is 0 Å². The van der Waals surface area contributed by atoms with Crippen LogP contribution in [0.4, 0.5) is 5.13 Å². The summed E-state index contributed by atoms with van der Waals surface area (Å²) >= 11 is 1.41. The van der Waals surface area contributed by atoms with E-state index in [9.17, 15) is 10.2 Å². The Hall–Kier alpha value is -0.810. The fourth-order valence-electron chi connectivity index (χ4n) is 2.10. The number of aromatic hydroxyl groups is 1. The summed E-state index contributed by atoms with van der Waals surface area (Å²) in [6, 6.07) is 0.143. The summed E-state index contributed by atoms with van der Waals surface area (Å²) in [5.41, 5.74) is 0. The first kappa shape index (κ1) is 10.7. The molecule has 0 amide bonds. The summed E-state index contributed by atoms with van der Waals surface area (Å²) in [6.07, 6.45) is 3.86. The molecule has 2 atom stereocenters. The molecule has 1 aliphatic rings. The fraction of sp³-hybridized carbons (Fsp3) is 0.700. The molecule has 0 saturated heterocycles. The van der Waals surface area contributed by atoms with Gasteiger partial charge in [0.05, 0.1) is 17.5 Å². The summed E-state index contributed by atoms with van der Waals surface area (Å²) in [6.45, 7) is 0. The molecule has 1 aliphatic carbocycles. The van der Waals surface area contributed by atoms with Crippen molar-refractivity contribution >= 4 is 16.5 Å². The Labute approximate surface area is 93.2 Å². The van der Waals surface area contributed by atoms with Crippen molar-refractivity contribution in [3.63, 3.8) is 0 Å². The Kier molecular flexibility index (Phi) is 3.11. The van der Waals surface area contributed by atoms with Gasteiger partial charge in [0.2, 0.25) is 5.88 Å². The predicted molar refractivity (Wildman–Crippen MR) is 60.4 cm³/mol. The van der Waals surface area contributed by atoms with Gasteiger partial charge in [0.25, 0.3) is 0 Å². The number of rotatable bonds is 2. The van der Waals surface area contributed by atoms with Gasteiger partial charge in [0, 0.05) is 7.05 Å². The van der Waals surface area contributed by atoms with Crippen LogP contribution in [0.25, 0.3) is 0 Å². The molecule has 2 unspecified atom stereocenters. The molecule has 2 rings (SSSR count). The summed E-state index contributed by atoms with van der Waals surface area (Å²) < 4.78 is 0. The summed E-state index contributed by atoms with van der Waals surface area (Å²) in [5, 5.41) is 21.4. The van der Waals surface area contributed by atoms with Crippen LogP contribution in [0.1, 0.15) is 25.7 Å². The molecule has 1 fully saturated rings. The van der Waals surface area contributed by atoms with Gasteiger partial charge in [-0.05, 0) is 12.8 Å². The van der Waals surface area contributed by atoms with Gasteiger partial charge in [-0.15, -0.1) is 11.3 Å². The molecule has 1 saturated carbocycles. The topological polar surface area (TPSA) is 56.6 Å². The third kappa shape index (κ3) is 2.23. The van der Waals surface area contributed by atoms with E-state index in [2.05, 4.69) is 4.98 Å². The van der Waals surface area contributed by atoms with Crippen LogP contribution in [0.15, 0.2) is 5.38 Å². The third-order valence-corrected chi connectivity index (χ3v) is 3.89. The van der Waals surface area contributed by atoms with Crippen LogP contribution in [0, 0.1) is 0 Å². The van der Waals surface area contributed by atoms with Crippen molar-refractivity contribution in [1.29, 1.82) is 0 Å². The maximum absolute atomic E-state index is 9.88. The molecule has 1 heterocycles. The van der Waals surface area contributed by atoms with Crippen LogP contribution in [-0.4, -0.2) is 34.4 Å². The largest absolute Gasteiger partial charge is 0.493 e. The van der Waals surface area contributed by atoms with Crippen molar-refractivity contribution in [3.8, 4) is 5.88 Å². The van der Waals surface area contributed by atoms with Crippen molar-refractivity contribution in [2.75, 3.05) is 11.9 Å². The highest BCUT2D eigenvalue weighted by Crippen LogP contribution is 2.29. The molecule has 15 heavy (non-hydrogen) atoms. The highest BCUT2D eigenvalue weighted by Gasteiger charge is 2.27. The Balaban J connectivity index is 2.09. The maximum Gasteiger partial charge on any atom is 0.223 e. The molecular weight excluding hydrogens is 212 g/mol. The second-order valence-electron chi connectivity index (χ2n) is 4.02. The van der Waals surface area contributed by atoms with Gasteiger partial charge in [-0.25, -0.2) is 0 Å². The van der Waals surface area contributed by atoms with Crippen molar-refractivity contribution in [1.82, 2.24) is 4.98 Å². The molecule has 84 valence electrons. The first-order valence-corrected chi connectivity index (χ1v) is 6.12. The van der Waals surface area contributed by atoms with Crippen LogP contribution >= 0.6 is 11.3 Å². The van der Waals surface area contributed by atoms with Crippen molar-refractivity contribution < 1.29 is 10.2 Å². The van der Waals surface area contributed by atoms with Crippen molar-refractivity contribution in [2.45, 2.75) is 37.8 Å². The van der Waals surface area contributed by atoms with E-state index in [1.807, 2.05) is 11.9 Å². The van der Waals surface area contributed by atoms with Crippen LogP contribution in [0.3, 0.4) is 0 Å². The molecule has 1 aromatic rings. The van der Waals surface area contributed by atoms with Crippen LogP contribution in [-0.2, 0) is 0 Å². The number of hydrogen-bond donors (Lipinski definition) is 2. The molecule has 0 aliphatic heterocycles. The van der Waals surface area contributed by atoms with E-state index in [1.54, 1.807) is 5.38 Å². The number of likely N-dealkylation sites (N-methyl/N-ethyl adjacent to an activating group) is 1. The van der Waals surface area contributed by atoms with E-state index in [4.69, 9.17) is 0 Å². The minimum Gasteiger partial charge on any atom is -0.493 e. The highest BCUT2D eigenvalue weighted by molar-refractivity contribution is 7.13. The fourth-order valence-corrected chi connectivity index (χ4v) is 2.81. The second kappa shape index (κ2) is 4.37. The van der Waals surface area contributed by atoms with E-state index in [0.717, 1.165) is 30.8 Å². The quantitative estimate of drug-likeness (QED) is 0.807. The van der Waals surface area contributed by atoms with Gasteiger partial charge in [-0.2, -0.15) is 4.98 Å². The smallest absolute Gasteiger partial charge is 0.223 e. The third-order valence-electron chi connectivity index (χ3n) is 2.97. The predicted octanol–water partition coefficient (Wildman–Crippen LogP) is 1.59. The van der Waals surface area contributed by atoms with Gasteiger partial charge < -0.3 is 15.1 Å². The molecule has 0 bridgehead atoms. The molecule has 5 heteroatoms. The minimum atomic E-state index is -0.269. The number of aromatic nitrogens is 1. The molecule has 4 nitrogen and oxygen atoms in total. The van der Waals surface area contributed by atoms with Crippen LogP contribution in [0.2, 0.25) is 0 Å².